The van der Waals surface area contributed by atoms with Crippen LogP contribution in [0.3, 0.4) is 0 Å². The summed E-state index contributed by atoms with van der Waals surface area (Å²) in [5.74, 6) is 0.556. The maximum absolute atomic E-state index is 13.1. The van der Waals surface area contributed by atoms with Gasteiger partial charge in [0.15, 0.2) is 0 Å². The molecule has 1 heterocycles. The molecular weight excluding hydrogens is 442 g/mol. The predicted molar refractivity (Wildman–Crippen MR) is 127 cm³/mol. The van der Waals surface area contributed by atoms with E-state index in [-0.39, 0.29) is 35.2 Å². The number of nitrogens with zero attached hydrogens (tertiary/aromatic N) is 1. The van der Waals surface area contributed by atoms with Crippen LogP contribution >= 0.6 is 0 Å². The molecule has 2 N–H and O–H groups in total. The summed E-state index contributed by atoms with van der Waals surface area (Å²) >= 11 is 0. The lowest BCUT2D eigenvalue weighted by molar-refractivity contribution is 0.0729. The van der Waals surface area contributed by atoms with Gasteiger partial charge in [-0.15, -0.1) is 0 Å². The van der Waals surface area contributed by atoms with Crippen LogP contribution in [-0.2, 0) is 14.8 Å². The van der Waals surface area contributed by atoms with Crippen molar-refractivity contribution >= 4 is 27.3 Å². The van der Waals surface area contributed by atoms with Gasteiger partial charge in [-0.2, -0.15) is 4.31 Å². The van der Waals surface area contributed by atoms with Gasteiger partial charge < -0.3 is 20.1 Å². The molecule has 2 aromatic carbocycles. The second-order valence-electron chi connectivity index (χ2n) is 8.44. The number of methoxy groups -OCH3 is 1. The molecule has 0 unspecified atom stereocenters. The number of anilines is 2. The van der Waals surface area contributed by atoms with E-state index in [1.165, 1.54) is 49.2 Å². The van der Waals surface area contributed by atoms with Crippen LogP contribution in [0.2, 0.25) is 0 Å². The highest BCUT2D eigenvalue weighted by Gasteiger charge is 2.30. The Kier molecular flexibility index (Phi) is 7.52. The van der Waals surface area contributed by atoms with E-state index in [1.54, 1.807) is 6.07 Å². The van der Waals surface area contributed by atoms with Crippen LogP contribution < -0.4 is 15.4 Å². The molecule has 1 amide bonds. The monoisotopic (exact) mass is 473 g/mol. The molecule has 33 heavy (non-hydrogen) atoms. The number of rotatable bonds is 8. The van der Waals surface area contributed by atoms with Gasteiger partial charge in [0.25, 0.3) is 5.91 Å². The zero-order chi connectivity index (χ0) is 23.3. The van der Waals surface area contributed by atoms with Crippen molar-refractivity contribution in [3.05, 3.63) is 48.0 Å². The fraction of sp³-hybridized carbons (Fsp3) is 0.458. The molecule has 1 saturated heterocycles. The van der Waals surface area contributed by atoms with Crippen molar-refractivity contribution in [3.8, 4) is 5.75 Å². The largest absolute Gasteiger partial charge is 0.495 e. The van der Waals surface area contributed by atoms with Gasteiger partial charge in [0, 0.05) is 36.6 Å². The van der Waals surface area contributed by atoms with Gasteiger partial charge in [-0.1, -0.05) is 12.8 Å². The Balaban J connectivity index is 1.45. The first-order valence-electron chi connectivity index (χ1n) is 11.4. The van der Waals surface area contributed by atoms with Crippen molar-refractivity contribution in [2.45, 2.75) is 30.6 Å². The van der Waals surface area contributed by atoms with Crippen molar-refractivity contribution in [1.29, 1.82) is 0 Å². The van der Waals surface area contributed by atoms with Crippen molar-refractivity contribution in [2.24, 2.45) is 5.92 Å². The molecular formula is C24H31N3O5S. The molecule has 2 fully saturated rings. The van der Waals surface area contributed by atoms with Crippen LogP contribution in [0.4, 0.5) is 11.4 Å². The first-order valence-corrected chi connectivity index (χ1v) is 12.8. The first kappa shape index (κ1) is 23.5. The Labute approximate surface area is 195 Å². The molecule has 0 aromatic heterocycles. The number of amides is 1. The van der Waals surface area contributed by atoms with Crippen LogP contribution in [0.25, 0.3) is 0 Å². The Morgan fingerprint density at radius 2 is 1.73 bits per heavy atom. The lowest BCUT2D eigenvalue weighted by atomic mass is 10.1. The number of carbonyl (C=O) groups excluding carboxylic acids is 1. The van der Waals surface area contributed by atoms with Gasteiger partial charge in [0.2, 0.25) is 10.0 Å². The van der Waals surface area contributed by atoms with Crippen molar-refractivity contribution in [1.82, 2.24) is 4.31 Å². The lowest BCUT2D eigenvalue weighted by Gasteiger charge is -2.26. The maximum atomic E-state index is 13.1. The second kappa shape index (κ2) is 10.5. The molecule has 8 nitrogen and oxygen atoms in total. The van der Waals surface area contributed by atoms with Gasteiger partial charge in [-0.3, -0.25) is 4.79 Å². The highest BCUT2D eigenvalue weighted by molar-refractivity contribution is 7.89. The van der Waals surface area contributed by atoms with E-state index in [9.17, 15) is 13.2 Å². The van der Waals surface area contributed by atoms with E-state index in [4.69, 9.17) is 9.47 Å². The summed E-state index contributed by atoms with van der Waals surface area (Å²) in [6.07, 6.45) is 5.20. The third-order valence-electron chi connectivity index (χ3n) is 6.23. The Morgan fingerprint density at radius 3 is 2.39 bits per heavy atom. The standard InChI is InChI=1S/C24H31N3O5S/c1-31-22-11-6-19(16-23(22)33(29,30)27-12-14-32-15-13-27)24(28)26-21-9-7-20(8-10-21)25-17-18-4-2-3-5-18/h6-11,16,18,25H,2-5,12-15,17H2,1H3,(H,26,28). The van der Waals surface area contributed by atoms with Gasteiger partial charge in [-0.05, 0) is 61.2 Å². The van der Waals surface area contributed by atoms with Gasteiger partial charge in [0.1, 0.15) is 10.6 Å². The molecule has 2 aliphatic rings. The van der Waals surface area contributed by atoms with Gasteiger partial charge >= 0.3 is 0 Å². The molecule has 4 rings (SSSR count). The van der Waals surface area contributed by atoms with Crippen LogP contribution in [0.15, 0.2) is 47.4 Å². The SMILES string of the molecule is COc1ccc(C(=O)Nc2ccc(NCC3CCCC3)cc2)cc1S(=O)(=O)N1CCOCC1. The number of nitrogens with one attached hydrogen (secondary N) is 2. The summed E-state index contributed by atoms with van der Waals surface area (Å²) in [4.78, 5) is 12.8. The average Bonchev–Trinajstić information content (AvgIpc) is 3.37. The Hall–Kier alpha value is -2.62. The molecule has 178 valence electrons. The third kappa shape index (κ3) is 5.66. The number of morpholine rings is 1. The molecule has 1 saturated carbocycles. The molecule has 0 radical (unpaired) electrons. The van der Waals surface area contributed by atoms with Crippen LogP contribution in [-0.4, -0.2) is 58.6 Å². The molecule has 1 aliphatic carbocycles. The van der Waals surface area contributed by atoms with Crippen LogP contribution in [0.1, 0.15) is 36.0 Å². The zero-order valence-corrected chi connectivity index (χ0v) is 19.7. The second-order valence-corrected chi connectivity index (χ2v) is 10.4. The number of benzene rings is 2. The van der Waals surface area contributed by atoms with E-state index in [0.717, 1.165) is 18.2 Å². The first-order chi connectivity index (χ1) is 16.0. The molecule has 0 bridgehead atoms. The topological polar surface area (TPSA) is 97.0 Å². The quantitative estimate of drug-likeness (QED) is 0.608. The fourth-order valence-electron chi connectivity index (χ4n) is 4.30. The number of sulfonamides is 1. The van der Waals surface area contributed by atoms with E-state index >= 15 is 0 Å². The highest BCUT2D eigenvalue weighted by atomic mass is 32.2. The van der Waals surface area contributed by atoms with Crippen molar-refractivity contribution < 1.29 is 22.7 Å². The van der Waals surface area contributed by atoms with Crippen LogP contribution in [0.5, 0.6) is 5.75 Å². The summed E-state index contributed by atoms with van der Waals surface area (Å²) in [5.41, 5.74) is 1.90. The highest BCUT2D eigenvalue weighted by Crippen LogP contribution is 2.29. The van der Waals surface area contributed by atoms with Crippen molar-refractivity contribution in [3.63, 3.8) is 0 Å². The Bertz CT molecular complexity index is 1060. The minimum atomic E-state index is -3.81. The average molecular weight is 474 g/mol. The number of hydrogen-bond donors (Lipinski definition) is 2. The van der Waals surface area contributed by atoms with E-state index in [0.29, 0.717) is 18.9 Å². The van der Waals surface area contributed by atoms with Gasteiger partial charge in [-0.25, -0.2) is 8.42 Å². The molecule has 9 heteroatoms. The lowest BCUT2D eigenvalue weighted by Crippen LogP contribution is -2.40. The smallest absolute Gasteiger partial charge is 0.255 e. The minimum Gasteiger partial charge on any atom is -0.495 e. The summed E-state index contributed by atoms with van der Waals surface area (Å²) in [5, 5.41) is 6.30. The Morgan fingerprint density at radius 1 is 1.06 bits per heavy atom. The number of carbonyl (C=O) groups is 1. The summed E-state index contributed by atoms with van der Waals surface area (Å²) in [6.45, 7) is 2.19. The molecule has 2 aromatic rings. The van der Waals surface area contributed by atoms with Crippen molar-refractivity contribution in [2.75, 3.05) is 50.6 Å². The van der Waals surface area contributed by atoms with E-state index in [2.05, 4.69) is 10.6 Å². The third-order valence-corrected chi connectivity index (χ3v) is 8.15. The molecule has 1 aliphatic heterocycles. The normalized spacial score (nSPS) is 17.6. The van der Waals surface area contributed by atoms with Crippen LogP contribution in [0, 0.1) is 5.92 Å². The predicted octanol–water partition coefficient (Wildman–Crippen LogP) is 3.57. The maximum Gasteiger partial charge on any atom is 0.255 e. The van der Waals surface area contributed by atoms with E-state index in [1.807, 2.05) is 24.3 Å². The van der Waals surface area contributed by atoms with E-state index < -0.39 is 10.0 Å². The fourth-order valence-corrected chi connectivity index (χ4v) is 5.89. The zero-order valence-electron chi connectivity index (χ0n) is 18.9. The van der Waals surface area contributed by atoms with Gasteiger partial charge in [0.05, 0.1) is 20.3 Å². The summed E-state index contributed by atoms with van der Waals surface area (Å²) < 4.78 is 38.2. The number of ether oxygens (including phenoxy) is 2. The molecule has 0 spiro atoms. The summed E-state index contributed by atoms with van der Waals surface area (Å²) in [7, 11) is -2.40. The summed E-state index contributed by atoms with van der Waals surface area (Å²) in [6, 6.07) is 12.0. The molecule has 0 atom stereocenters. The number of hydrogen-bond acceptors (Lipinski definition) is 6. The minimum absolute atomic E-state index is 0.0222.